The highest BCUT2D eigenvalue weighted by atomic mass is 35.5. The third-order valence-corrected chi connectivity index (χ3v) is 5.32. The van der Waals surface area contributed by atoms with Gasteiger partial charge in [-0.3, -0.25) is 5.41 Å². The van der Waals surface area contributed by atoms with Crippen LogP contribution in [0.4, 0.5) is 13.2 Å². The Kier molecular flexibility index (Phi) is 4.21. The van der Waals surface area contributed by atoms with Crippen molar-refractivity contribution in [3.05, 3.63) is 64.0 Å². The van der Waals surface area contributed by atoms with Crippen molar-refractivity contribution in [1.82, 2.24) is 4.57 Å². The van der Waals surface area contributed by atoms with Gasteiger partial charge in [-0.25, -0.2) is 0 Å². The number of thiazole rings is 1. The van der Waals surface area contributed by atoms with Gasteiger partial charge in [0, 0.05) is 12.5 Å². The average molecular weight is 371 g/mol. The molecule has 2 nitrogen and oxygen atoms in total. The predicted octanol–water partition coefficient (Wildman–Crippen LogP) is 5.16. The first-order valence-corrected chi connectivity index (χ1v) is 8.11. The molecule has 0 radical (unpaired) electrons. The normalized spacial score (nSPS) is 16.9. The van der Waals surface area contributed by atoms with Crippen LogP contribution in [-0.2, 0) is 12.7 Å². The highest BCUT2D eigenvalue weighted by Gasteiger charge is 2.34. The van der Waals surface area contributed by atoms with Gasteiger partial charge in [0.25, 0.3) is 0 Å². The molecule has 0 unspecified atom stereocenters. The second kappa shape index (κ2) is 5.93. The summed E-state index contributed by atoms with van der Waals surface area (Å²) >= 11 is 1.11. The molecule has 2 aromatic carbocycles. The number of rotatable bonds is 1. The van der Waals surface area contributed by atoms with Gasteiger partial charge in [0.15, 0.2) is 4.80 Å². The van der Waals surface area contributed by atoms with Crippen molar-refractivity contribution in [2.75, 3.05) is 0 Å². The van der Waals surface area contributed by atoms with Crippen molar-refractivity contribution in [2.45, 2.75) is 25.1 Å². The summed E-state index contributed by atoms with van der Waals surface area (Å²) in [6, 6.07) is 12.1. The van der Waals surface area contributed by atoms with Crippen LogP contribution in [0, 0.1) is 5.41 Å². The van der Waals surface area contributed by atoms with Gasteiger partial charge >= 0.3 is 6.18 Å². The lowest BCUT2D eigenvalue weighted by molar-refractivity contribution is -0.137. The Labute approximate surface area is 146 Å². The fraction of sp³-hybridized carbons (Fsp3) is 0.235. The lowest BCUT2D eigenvalue weighted by Crippen LogP contribution is -2.21. The largest absolute Gasteiger partial charge is 0.416 e. The number of hydrogen-bond donors (Lipinski definition) is 1. The molecule has 2 heterocycles. The van der Waals surface area contributed by atoms with E-state index in [0.29, 0.717) is 28.0 Å². The van der Waals surface area contributed by atoms with Crippen LogP contribution in [0.15, 0.2) is 42.5 Å². The van der Waals surface area contributed by atoms with E-state index in [4.69, 9.17) is 5.41 Å². The van der Waals surface area contributed by atoms with Crippen molar-refractivity contribution < 1.29 is 13.2 Å². The maximum atomic E-state index is 13.2. The van der Waals surface area contributed by atoms with Crippen molar-refractivity contribution in [3.63, 3.8) is 0 Å². The molecule has 1 atom stereocenters. The molecule has 1 aliphatic rings. The van der Waals surface area contributed by atoms with E-state index >= 15 is 0 Å². The first-order chi connectivity index (χ1) is 10.9. The SMILES string of the molecule is Cl.N=c1sc2cc(C(F)(F)F)cc3c2n1CC[C@@H]3c1ccccc1. The summed E-state index contributed by atoms with van der Waals surface area (Å²) in [5.74, 6) is -0.0602. The third-order valence-electron chi connectivity index (χ3n) is 4.37. The van der Waals surface area contributed by atoms with Gasteiger partial charge < -0.3 is 4.57 Å². The molecule has 3 aromatic rings. The molecule has 0 fully saturated rings. The minimum atomic E-state index is -4.37. The first kappa shape index (κ1) is 17.0. The van der Waals surface area contributed by atoms with Gasteiger partial charge in [-0.05, 0) is 29.7 Å². The van der Waals surface area contributed by atoms with E-state index in [0.717, 1.165) is 22.4 Å². The predicted molar refractivity (Wildman–Crippen MR) is 90.8 cm³/mol. The molecule has 0 bridgehead atoms. The molecular formula is C17H14ClF3N2S. The molecule has 0 saturated heterocycles. The molecule has 0 amide bonds. The average Bonchev–Trinajstić information content (AvgIpc) is 2.85. The van der Waals surface area contributed by atoms with Crippen LogP contribution in [0.3, 0.4) is 0 Å². The molecule has 24 heavy (non-hydrogen) atoms. The molecule has 1 N–H and O–H groups in total. The van der Waals surface area contributed by atoms with E-state index in [1.807, 2.05) is 34.9 Å². The van der Waals surface area contributed by atoms with Crippen molar-refractivity contribution in [2.24, 2.45) is 0 Å². The van der Waals surface area contributed by atoms with Crippen LogP contribution in [0.5, 0.6) is 0 Å². The van der Waals surface area contributed by atoms with E-state index in [1.165, 1.54) is 12.1 Å². The van der Waals surface area contributed by atoms with Gasteiger partial charge in [-0.1, -0.05) is 41.7 Å². The summed E-state index contributed by atoms with van der Waals surface area (Å²) in [7, 11) is 0. The number of benzene rings is 2. The van der Waals surface area contributed by atoms with Crippen molar-refractivity contribution >= 4 is 34.0 Å². The molecule has 0 aliphatic carbocycles. The molecule has 1 aromatic heterocycles. The smallest absolute Gasteiger partial charge is 0.317 e. The fourth-order valence-electron chi connectivity index (χ4n) is 3.34. The zero-order valence-electron chi connectivity index (χ0n) is 12.4. The zero-order chi connectivity index (χ0) is 16.2. The van der Waals surface area contributed by atoms with Gasteiger partial charge in [0.2, 0.25) is 0 Å². The second-order valence-corrected chi connectivity index (χ2v) is 6.75. The maximum Gasteiger partial charge on any atom is 0.416 e. The highest BCUT2D eigenvalue weighted by Crippen LogP contribution is 2.42. The van der Waals surface area contributed by atoms with Crippen molar-refractivity contribution in [3.8, 4) is 0 Å². The van der Waals surface area contributed by atoms with E-state index < -0.39 is 11.7 Å². The Hall–Kier alpha value is -1.79. The molecule has 7 heteroatoms. The second-order valence-electron chi connectivity index (χ2n) is 5.72. The lowest BCUT2D eigenvalue weighted by Gasteiger charge is -2.26. The summed E-state index contributed by atoms with van der Waals surface area (Å²) in [6.45, 7) is 0.663. The van der Waals surface area contributed by atoms with Crippen molar-refractivity contribution in [1.29, 1.82) is 5.41 Å². The quantitative estimate of drug-likeness (QED) is 0.613. The highest BCUT2D eigenvalue weighted by molar-refractivity contribution is 7.16. The minimum Gasteiger partial charge on any atom is -0.317 e. The van der Waals surface area contributed by atoms with E-state index in [9.17, 15) is 13.2 Å². The summed E-state index contributed by atoms with van der Waals surface area (Å²) in [6.07, 6.45) is -3.67. The number of nitrogens with one attached hydrogen (secondary N) is 1. The Morgan fingerprint density at radius 1 is 1.12 bits per heavy atom. The molecule has 0 spiro atoms. The third kappa shape index (κ3) is 2.63. The Morgan fingerprint density at radius 2 is 1.83 bits per heavy atom. The Bertz CT molecular complexity index is 944. The number of halogens is 4. The molecule has 1 aliphatic heterocycles. The van der Waals surface area contributed by atoms with Crippen LogP contribution >= 0.6 is 23.7 Å². The number of aryl methyl sites for hydroxylation is 1. The van der Waals surface area contributed by atoms with Crippen LogP contribution < -0.4 is 4.80 Å². The Balaban J connectivity index is 0.00000169. The number of hydrogen-bond acceptors (Lipinski definition) is 2. The van der Waals surface area contributed by atoms with E-state index in [1.54, 1.807) is 0 Å². The first-order valence-electron chi connectivity index (χ1n) is 7.29. The van der Waals surface area contributed by atoms with Gasteiger partial charge in [0.1, 0.15) is 0 Å². The molecular weight excluding hydrogens is 357 g/mol. The lowest BCUT2D eigenvalue weighted by atomic mass is 9.85. The standard InChI is InChI=1S/C17H13F3N2S.ClH/c18-17(19,20)11-8-13-12(10-4-2-1-3-5-10)6-7-22-15(13)14(9-11)23-16(22)21;/h1-5,8-9,12,21H,6-7H2;1H/t12-;/m1./s1. The van der Waals surface area contributed by atoms with Gasteiger partial charge in [-0.2, -0.15) is 13.2 Å². The van der Waals surface area contributed by atoms with E-state index in [2.05, 4.69) is 0 Å². The Morgan fingerprint density at radius 3 is 2.50 bits per heavy atom. The number of alkyl halides is 3. The molecule has 0 saturated carbocycles. The maximum absolute atomic E-state index is 13.2. The number of aromatic nitrogens is 1. The van der Waals surface area contributed by atoms with Crippen LogP contribution in [-0.4, -0.2) is 4.57 Å². The van der Waals surface area contributed by atoms with Crippen LogP contribution in [0.2, 0.25) is 0 Å². The van der Waals surface area contributed by atoms with E-state index in [-0.39, 0.29) is 18.3 Å². The monoisotopic (exact) mass is 370 g/mol. The summed E-state index contributed by atoms with van der Waals surface area (Å²) < 4.78 is 42.1. The topological polar surface area (TPSA) is 28.8 Å². The van der Waals surface area contributed by atoms with Gasteiger partial charge in [-0.15, -0.1) is 12.4 Å². The zero-order valence-corrected chi connectivity index (χ0v) is 14.1. The summed E-state index contributed by atoms with van der Waals surface area (Å²) in [5.41, 5.74) is 1.86. The van der Waals surface area contributed by atoms with Crippen LogP contribution in [0.1, 0.15) is 29.0 Å². The molecule has 126 valence electrons. The summed E-state index contributed by atoms with van der Waals surface area (Å²) in [4.78, 5) is 0.312. The molecule has 4 rings (SSSR count). The minimum absolute atomic E-state index is 0. The number of nitrogens with zero attached hydrogens (tertiary/aromatic N) is 1. The van der Waals surface area contributed by atoms with Gasteiger partial charge in [0.05, 0.1) is 15.8 Å². The van der Waals surface area contributed by atoms with Crippen LogP contribution in [0.25, 0.3) is 10.2 Å². The fourth-order valence-corrected chi connectivity index (χ4v) is 4.36. The summed E-state index contributed by atoms with van der Waals surface area (Å²) in [5, 5.41) is 8.03.